The zero-order valence-corrected chi connectivity index (χ0v) is 10.4. The van der Waals surface area contributed by atoms with Crippen molar-refractivity contribution >= 4 is 22.7 Å². The number of nitrogens with zero attached hydrogens (tertiary/aromatic N) is 2. The van der Waals surface area contributed by atoms with Crippen LogP contribution in [0.3, 0.4) is 0 Å². The Morgan fingerprint density at radius 3 is 2.93 bits per heavy atom. The van der Waals surface area contributed by atoms with Crippen LogP contribution in [0.5, 0.6) is 0 Å². The summed E-state index contributed by atoms with van der Waals surface area (Å²) < 4.78 is 0. The molecule has 0 radical (unpaired) electrons. The summed E-state index contributed by atoms with van der Waals surface area (Å²) in [6, 6.07) is 0.355. The Morgan fingerprint density at radius 1 is 1.47 bits per heavy atom. The van der Waals surface area contributed by atoms with Crippen LogP contribution in [0.2, 0.25) is 0 Å². The average Bonchev–Trinajstić information content (AvgIpc) is 2.89. The van der Waals surface area contributed by atoms with Crippen molar-refractivity contribution in [2.75, 3.05) is 7.05 Å². The Hall–Kier alpha value is -0.780. The molecule has 1 atom stereocenters. The average molecular weight is 239 g/mol. The highest BCUT2D eigenvalue weighted by Crippen LogP contribution is 2.26. The highest BCUT2D eigenvalue weighted by atomic mass is 32.1. The van der Waals surface area contributed by atoms with E-state index < -0.39 is 0 Å². The molecule has 80 valence electrons. The first kappa shape index (κ1) is 10.7. The summed E-state index contributed by atoms with van der Waals surface area (Å²) in [4.78, 5) is 8.85. The number of rotatable bonds is 4. The molecule has 0 aliphatic heterocycles. The van der Waals surface area contributed by atoms with Gasteiger partial charge in [-0.1, -0.05) is 6.92 Å². The van der Waals surface area contributed by atoms with E-state index in [0.29, 0.717) is 6.04 Å². The maximum atomic E-state index is 4.59. The second-order valence-corrected chi connectivity index (χ2v) is 4.78. The van der Waals surface area contributed by atoms with Gasteiger partial charge < -0.3 is 5.32 Å². The molecule has 0 saturated carbocycles. The highest BCUT2D eigenvalue weighted by molar-refractivity contribution is 7.13. The van der Waals surface area contributed by atoms with E-state index in [-0.39, 0.29) is 0 Å². The molecule has 2 heterocycles. The van der Waals surface area contributed by atoms with Gasteiger partial charge in [0.1, 0.15) is 10.7 Å². The third kappa shape index (κ3) is 2.25. The smallest absolute Gasteiger partial charge is 0.143 e. The van der Waals surface area contributed by atoms with E-state index >= 15 is 0 Å². The van der Waals surface area contributed by atoms with E-state index in [2.05, 4.69) is 27.6 Å². The molecule has 0 aliphatic rings. The van der Waals surface area contributed by atoms with Gasteiger partial charge in [0.25, 0.3) is 0 Å². The quantitative estimate of drug-likeness (QED) is 0.891. The molecular formula is C10H13N3S2. The molecule has 1 unspecified atom stereocenters. The molecular weight excluding hydrogens is 226 g/mol. The summed E-state index contributed by atoms with van der Waals surface area (Å²) >= 11 is 3.26. The van der Waals surface area contributed by atoms with Crippen LogP contribution in [0.15, 0.2) is 16.3 Å². The molecule has 0 bridgehead atoms. The number of nitrogens with one attached hydrogen (secondary N) is 1. The van der Waals surface area contributed by atoms with Crippen molar-refractivity contribution in [3.8, 4) is 10.7 Å². The molecule has 0 fully saturated rings. The van der Waals surface area contributed by atoms with E-state index in [0.717, 1.165) is 22.8 Å². The molecule has 0 aliphatic carbocycles. The van der Waals surface area contributed by atoms with Gasteiger partial charge in [-0.15, -0.1) is 22.7 Å². The van der Waals surface area contributed by atoms with Gasteiger partial charge in [0, 0.05) is 16.8 Å². The van der Waals surface area contributed by atoms with Crippen LogP contribution in [0.25, 0.3) is 10.7 Å². The minimum atomic E-state index is 0.355. The minimum absolute atomic E-state index is 0.355. The summed E-state index contributed by atoms with van der Waals surface area (Å²) in [6.07, 6.45) is 1.05. The molecule has 5 heteroatoms. The first-order valence-corrected chi connectivity index (χ1v) is 6.68. The zero-order valence-electron chi connectivity index (χ0n) is 8.73. The van der Waals surface area contributed by atoms with Crippen molar-refractivity contribution in [1.29, 1.82) is 0 Å². The van der Waals surface area contributed by atoms with Crippen LogP contribution in [-0.2, 0) is 0 Å². The molecule has 3 nitrogen and oxygen atoms in total. The van der Waals surface area contributed by atoms with Crippen LogP contribution < -0.4 is 5.32 Å². The van der Waals surface area contributed by atoms with Gasteiger partial charge in [-0.05, 0) is 13.5 Å². The van der Waals surface area contributed by atoms with Crippen molar-refractivity contribution in [2.24, 2.45) is 0 Å². The van der Waals surface area contributed by atoms with Gasteiger partial charge >= 0.3 is 0 Å². The first-order chi connectivity index (χ1) is 7.35. The molecule has 2 rings (SSSR count). The molecule has 0 saturated heterocycles. The third-order valence-corrected chi connectivity index (χ3v) is 3.76. The normalized spacial score (nSPS) is 12.9. The van der Waals surface area contributed by atoms with E-state index in [1.165, 1.54) is 0 Å². The van der Waals surface area contributed by atoms with Gasteiger partial charge in [0.05, 0.1) is 11.2 Å². The van der Waals surface area contributed by atoms with Crippen molar-refractivity contribution in [2.45, 2.75) is 19.4 Å². The molecule has 0 amide bonds. The summed E-state index contributed by atoms with van der Waals surface area (Å²) in [5.74, 6) is 0. The Kier molecular flexibility index (Phi) is 3.45. The summed E-state index contributed by atoms with van der Waals surface area (Å²) in [5, 5.41) is 8.41. The van der Waals surface area contributed by atoms with E-state index in [1.54, 1.807) is 22.7 Å². The molecule has 0 aromatic carbocycles. The summed E-state index contributed by atoms with van der Waals surface area (Å²) in [7, 11) is 1.97. The second kappa shape index (κ2) is 4.83. The van der Waals surface area contributed by atoms with Crippen molar-refractivity contribution in [3.63, 3.8) is 0 Å². The fourth-order valence-electron chi connectivity index (χ4n) is 1.44. The number of hydrogen-bond acceptors (Lipinski definition) is 5. The van der Waals surface area contributed by atoms with Crippen molar-refractivity contribution in [1.82, 2.24) is 15.3 Å². The Morgan fingerprint density at radius 2 is 2.33 bits per heavy atom. The lowest BCUT2D eigenvalue weighted by atomic mass is 10.2. The largest absolute Gasteiger partial charge is 0.312 e. The number of thiazole rings is 2. The van der Waals surface area contributed by atoms with Crippen LogP contribution in [0.4, 0.5) is 0 Å². The van der Waals surface area contributed by atoms with Crippen LogP contribution in [0, 0.1) is 0 Å². The van der Waals surface area contributed by atoms with E-state index in [4.69, 9.17) is 0 Å². The van der Waals surface area contributed by atoms with Gasteiger partial charge in [0.15, 0.2) is 0 Å². The van der Waals surface area contributed by atoms with Crippen LogP contribution in [-0.4, -0.2) is 17.0 Å². The number of aromatic nitrogens is 2. The second-order valence-electron chi connectivity index (χ2n) is 3.20. The summed E-state index contributed by atoms with van der Waals surface area (Å²) in [5.41, 5.74) is 3.95. The molecule has 1 N–H and O–H groups in total. The van der Waals surface area contributed by atoms with Crippen LogP contribution in [0.1, 0.15) is 25.1 Å². The van der Waals surface area contributed by atoms with Crippen molar-refractivity contribution in [3.05, 3.63) is 22.0 Å². The molecule has 0 spiro atoms. The number of hydrogen-bond donors (Lipinski definition) is 1. The Bertz CT molecular complexity index is 404. The molecule has 15 heavy (non-hydrogen) atoms. The molecule has 2 aromatic heterocycles. The maximum Gasteiger partial charge on any atom is 0.143 e. The lowest BCUT2D eigenvalue weighted by molar-refractivity contribution is 0.565. The highest BCUT2D eigenvalue weighted by Gasteiger charge is 2.12. The SMILES string of the molecule is CCC(NC)c1csc(-c2cscn2)n1. The van der Waals surface area contributed by atoms with E-state index in [1.807, 2.05) is 17.9 Å². The first-order valence-electron chi connectivity index (χ1n) is 4.86. The lowest BCUT2D eigenvalue weighted by Gasteiger charge is -2.09. The third-order valence-electron chi connectivity index (χ3n) is 2.29. The monoisotopic (exact) mass is 239 g/mol. The minimum Gasteiger partial charge on any atom is -0.312 e. The van der Waals surface area contributed by atoms with Gasteiger partial charge in [-0.25, -0.2) is 9.97 Å². The lowest BCUT2D eigenvalue weighted by Crippen LogP contribution is -2.15. The standard InChI is InChI=1S/C10H13N3S2/c1-3-7(11-2)8-5-15-10(13-8)9-4-14-6-12-9/h4-7,11H,3H2,1-2H3. The van der Waals surface area contributed by atoms with Gasteiger partial charge in [-0.3, -0.25) is 0 Å². The summed E-state index contributed by atoms with van der Waals surface area (Å²) in [6.45, 7) is 2.16. The van der Waals surface area contributed by atoms with E-state index in [9.17, 15) is 0 Å². The Balaban J connectivity index is 2.24. The maximum absolute atomic E-state index is 4.59. The zero-order chi connectivity index (χ0) is 10.7. The fraction of sp³-hybridized carbons (Fsp3) is 0.400. The predicted octanol–water partition coefficient (Wildman–Crippen LogP) is 2.94. The van der Waals surface area contributed by atoms with Crippen molar-refractivity contribution < 1.29 is 0 Å². The fourth-order valence-corrected chi connectivity index (χ4v) is 2.89. The van der Waals surface area contributed by atoms with Crippen LogP contribution >= 0.6 is 22.7 Å². The van der Waals surface area contributed by atoms with Gasteiger partial charge in [0.2, 0.25) is 0 Å². The molecule has 2 aromatic rings. The topological polar surface area (TPSA) is 37.8 Å². The Labute approximate surface area is 97.2 Å². The van der Waals surface area contributed by atoms with Gasteiger partial charge in [-0.2, -0.15) is 0 Å². The predicted molar refractivity (Wildman–Crippen MR) is 65.3 cm³/mol.